The van der Waals surface area contributed by atoms with Crippen LogP contribution < -0.4 is 10.4 Å². The molecule has 0 aliphatic carbocycles. The highest BCUT2D eigenvalue weighted by molar-refractivity contribution is 7.99. The molecule has 1 heterocycles. The monoisotopic (exact) mass is 227 g/mol. The Morgan fingerprint density at radius 3 is 2.67 bits per heavy atom. The molecule has 1 aromatic rings. The SMILES string of the molecule is O=C([O-])[C@@H]1CS[C@@H](c2ccc(F)cc2)[NH2+]1. The summed E-state index contributed by atoms with van der Waals surface area (Å²) in [6.45, 7) is 0. The average molecular weight is 227 g/mol. The fourth-order valence-corrected chi connectivity index (χ4v) is 2.85. The summed E-state index contributed by atoms with van der Waals surface area (Å²) in [6.07, 6.45) is 0. The van der Waals surface area contributed by atoms with Gasteiger partial charge in [0.25, 0.3) is 0 Å². The Labute approximate surface area is 90.7 Å². The van der Waals surface area contributed by atoms with Gasteiger partial charge in [0.1, 0.15) is 17.8 Å². The van der Waals surface area contributed by atoms with Gasteiger partial charge in [0, 0.05) is 5.56 Å². The zero-order valence-corrected chi connectivity index (χ0v) is 8.67. The topological polar surface area (TPSA) is 56.7 Å². The van der Waals surface area contributed by atoms with Crippen molar-refractivity contribution in [2.75, 3.05) is 5.75 Å². The molecule has 0 aromatic heterocycles. The highest BCUT2D eigenvalue weighted by Crippen LogP contribution is 2.26. The molecule has 1 fully saturated rings. The maximum absolute atomic E-state index is 12.7. The first-order valence-electron chi connectivity index (χ1n) is 4.60. The number of thioether (sulfide) groups is 1. The van der Waals surface area contributed by atoms with Crippen LogP contribution >= 0.6 is 11.8 Å². The second kappa shape index (κ2) is 4.20. The number of rotatable bonds is 2. The lowest BCUT2D eigenvalue weighted by atomic mass is 10.2. The van der Waals surface area contributed by atoms with Crippen molar-refractivity contribution in [1.82, 2.24) is 0 Å². The molecule has 80 valence electrons. The number of aliphatic carboxylic acids is 1. The minimum Gasteiger partial charge on any atom is -0.544 e. The Kier molecular flexibility index (Phi) is 2.93. The summed E-state index contributed by atoms with van der Waals surface area (Å²) in [7, 11) is 0. The smallest absolute Gasteiger partial charge is 0.159 e. The van der Waals surface area contributed by atoms with Crippen molar-refractivity contribution in [3.05, 3.63) is 35.6 Å². The number of hydrogen-bond acceptors (Lipinski definition) is 3. The molecule has 2 atom stereocenters. The largest absolute Gasteiger partial charge is 0.544 e. The van der Waals surface area contributed by atoms with Crippen LogP contribution in [0.1, 0.15) is 10.9 Å². The lowest BCUT2D eigenvalue weighted by molar-refractivity contribution is -0.690. The number of halogens is 1. The molecule has 15 heavy (non-hydrogen) atoms. The van der Waals surface area contributed by atoms with E-state index < -0.39 is 12.0 Å². The summed E-state index contributed by atoms with van der Waals surface area (Å²) < 4.78 is 12.7. The van der Waals surface area contributed by atoms with E-state index in [1.165, 1.54) is 23.9 Å². The molecule has 0 unspecified atom stereocenters. The molecular formula is C10H10FNO2S. The van der Waals surface area contributed by atoms with Crippen LogP contribution in [0.2, 0.25) is 0 Å². The van der Waals surface area contributed by atoms with Gasteiger partial charge < -0.3 is 15.2 Å². The van der Waals surface area contributed by atoms with E-state index in [2.05, 4.69) is 0 Å². The van der Waals surface area contributed by atoms with Crippen LogP contribution in [0, 0.1) is 5.82 Å². The maximum Gasteiger partial charge on any atom is 0.159 e. The van der Waals surface area contributed by atoms with E-state index in [-0.39, 0.29) is 11.2 Å². The third kappa shape index (κ3) is 2.30. The fourth-order valence-electron chi connectivity index (χ4n) is 1.54. The highest BCUT2D eigenvalue weighted by atomic mass is 32.2. The molecule has 1 saturated heterocycles. The summed E-state index contributed by atoms with van der Waals surface area (Å²) in [4.78, 5) is 10.6. The third-order valence-corrected chi connectivity index (χ3v) is 3.70. The molecular weight excluding hydrogens is 217 g/mol. The van der Waals surface area contributed by atoms with Gasteiger partial charge in [0.2, 0.25) is 0 Å². The number of carbonyl (C=O) groups excluding carboxylic acids is 1. The van der Waals surface area contributed by atoms with Gasteiger partial charge >= 0.3 is 0 Å². The Morgan fingerprint density at radius 2 is 2.13 bits per heavy atom. The summed E-state index contributed by atoms with van der Waals surface area (Å²) in [5, 5.41) is 12.4. The van der Waals surface area contributed by atoms with Gasteiger partial charge in [-0.1, -0.05) is 11.8 Å². The molecule has 1 aromatic carbocycles. The van der Waals surface area contributed by atoms with Crippen molar-refractivity contribution in [1.29, 1.82) is 0 Å². The third-order valence-electron chi connectivity index (χ3n) is 2.36. The quantitative estimate of drug-likeness (QED) is 0.723. The van der Waals surface area contributed by atoms with Crippen LogP contribution in [0.5, 0.6) is 0 Å². The number of nitrogens with two attached hydrogens (primary N) is 1. The average Bonchev–Trinajstić information content (AvgIpc) is 2.68. The summed E-state index contributed by atoms with van der Waals surface area (Å²) in [5.74, 6) is -0.782. The van der Waals surface area contributed by atoms with E-state index >= 15 is 0 Å². The molecule has 1 aliphatic rings. The van der Waals surface area contributed by atoms with E-state index in [0.717, 1.165) is 5.56 Å². The number of quaternary nitrogens is 1. The van der Waals surface area contributed by atoms with E-state index in [0.29, 0.717) is 5.75 Å². The molecule has 0 bridgehead atoms. The Balaban J connectivity index is 2.07. The summed E-state index contributed by atoms with van der Waals surface area (Å²) in [5.41, 5.74) is 0.935. The van der Waals surface area contributed by atoms with Gasteiger partial charge in [0.05, 0.1) is 5.75 Å². The minimum atomic E-state index is -1.04. The molecule has 1 aliphatic heterocycles. The summed E-state index contributed by atoms with van der Waals surface area (Å²) in [6, 6.07) is 5.64. The second-order valence-electron chi connectivity index (χ2n) is 3.42. The molecule has 5 heteroatoms. The van der Waals surface area contributed by atoms with Crippen molar-refractivity contribution >= 4 is 17.7 Å². The van der Waals surface area contributed by atoms with Crippen molar-refractivity contribution in [3.63, 3.8) is 0 Å². The van der Waals surface area contributed by atoms with Crippen LogP contribution in [0.3, 0.4) is 0 Å². The lowest BCUT2D eigenvalue weighted by Crippen LogP contribution is -2.90. The number of hydrogen-bond donors (Lipinski definition) is 1. The van der Waals surface area contributed by atoms with E-state index in [4.69, 9.17) is 0 Å². The zero-order valence-electron chi connectivity index (χ0n) is 7.85. The highest BCUT2D eigenvalue weighted by Gasteiger charge is 2.30. The van der Waals surface area contributed by atoms with Crippen LogP contribution in [0.4, 0.5) is 4.39 Å². The molecule has 0 amide bonds. The van der Waals surface area contributed by atoms with Gasteiger partial charge in [-0.2, -0.15) is 0 Å². The van der Waals surface area contributed by atoms with Crippen molar-refractivity contribution < 1.29 is 19.6 Å². The molecule has 0 spiro atoms. The molecule has 2 N–H and O–H groups in total. The predicted molar refractivity (Wildman–Crippen MR) is 52.3 cm³/mol. The lowest BCUT2D eigenvalue weighted by Gasteiger charge is -2.10. The predicted octanol–water partition coefficient (Wildman–Crippen LogP) is -0.747. The number of benzene rings is 1. The van der Waals surface area contributed by atoms with Gasteiger partial charge in [-0.3, -0.25) is 0 Å². The second-order valence-corrected chi connectivity index (χ2v) is 4.60. The first-order valence-corrected chi connectivity index (χ1v) is 5.64. The molecule has 2 rings (SSSR count). The Bertz CT molecular complexity index is 368. The Morgan fingerprint density at radius 1 is 1.47 bits per heavy atom. The minimum absolute atomic E-state index is 0.0356. The number of carboxylic acids is 1. The van der Waals surface area contributed by atoms with E-state index in [1.54, 1.807) is 17.4 Å². The van der Waals surface area contributed by atoms with Crippen LogP contribution in [0.25, 0.3) is 0 Å². The van der Waals surface area contributed by atoms with Crippen LogP contribution in [0.15, 0.2) is 24.3 Å². The van der Waals surface area contributed by atoms with Gasteiger partial charge in [0.15, 0.2) is 5.37 Å². The molecule has 3 nitrogen and oxygen atoms in total. The molecule has 0 saturated carbocycles. The van der Waals surface area contributed by atoms with Crippen molar-refractivity contribution in [2.45, 2.75) is 11.4 Å². The molecule has 0 radical (unpaired) electrons. The van der Waals surface area contributed by atoms with Gasteiger partial charge in [-0.05, 0) is 24.3 Å². The number of carbonyl (C=O) groups is 1. The zero-order chi connectivity index (χ0) is 10.8. The normalized spacial score (nSPS) is 25.4. The maximum atomic E-state index is 12.7. The van der Waals surface area contributed by atoms with Crippen molar-refractivity contribution in [3.8, 4) is 0 Å². The standard InChI is InChI=1S/C10H10FNO2S/c11-7-3-1-6(2-4-7)9-12-8(5-15-9)10(13)14/h1-4,8-9,12H,5H2,(H,13,14)/t8-,9-/m0/s1. The number of carboxylic acid groups (broad SMARTS) is 1. The first-order chi connectivity index (χ1) is 7.16. The van der Waals surface area contributed by atoms with Crippen LogP contribution in [-0.4, -0.2) is 17.8 Å². The Hall–Kier alpha value is -1.07. The van der Waals surface area contributed by atoms with E-state index in [1.807, 2.05) is 0 Å². The summed E-state index contributed by atoms with van der Waals surface area (Å²) >= 11 is 1.54. The van der Waals surface area contributed by atoms with Gasteiger partial charge in [-0.25, -0.2) is 4.39 Å². The first kappa shape index (κ1) is 10.4. The van der Waals surface area contributed by atoms with Crippen LogP contribution in [-0.2, 0) is 4.79 Å². The van der Waals surface area contributed by atoms with Crippen molar-refractivity contribution in [2.24, 2.45) is 0 Å². The van der Waals surface area contributed by atoms with E-state index in [9.17, 15) is 14.3 Å². The van der Waals surface area contributed by atoms with Gasteiger partial charge in [-0.15, -0.1) is 0 Å². The fraction of sp³-hybridized carbons (Fsp3) is 0.300.